The van der Waals surface area contributed by atoms with Gasteiger partial charge in [-0.25, -0.2) is 0 Å². The first-order valence-corrected chi connectivity index (χ1v) is 15.0. The Morgan fingerprint density at radius 3 is 1.17 bits per heavy atom. The van der Waals surface area contributed by atoms with E-state index in [0.717, 1.165) is 26.1 Å². The second kappa shape index (κ2) is 24.6. The van der Waals surface area contributed by atoms with Crippen LogP contribution in [0.1, 0.15) is 154 Å². The molecule has 0 fully saturated rings. The standard InChI is InChI=1S/C31H56O4/c1-3-5-7-9-11-13-15-17-19-21-23-33-27-30-25-29(32)26-31(35-30)28-34-24-22-20-18-16-14-12-10-8-6-4-2/h25-26H,3-24,27-28H2,1-2H3. The lowest BCUT2D eigenvalue weighted by molar-refractivity contribution is 0.0830. The van der Waals surface area contributed by atoms with Crippen molar-refractivity contribution < 1.29 is 13.9 Å². The molecule has 0 unspecified atom stereocenters. The Hall–Kier alpha value is -1.13. The van der Waals surface area contributed by atoms with E-state index < -0.39 is 0 Å². The van der Waals surface area contributed by atoms with Crippen LogP contribution in [0, 0.1) is 0 Å². The van der Waals surface area contributed by atoms with Gasteiger partial charge in [0.25, 0.3) is 0 Å². The summed E-state index contributed by atoms with van der Waals surface area (Å²) in [6.45, 7) is 6.69. The summed E-state index contributed by atoms with van der Waals surface area (Å²) in [7, 11) is 0. The number of unbranched alkanes of at least 4 members (excludes halogenated alkanes) is 18. The van der Waals surface area contributed by atoms with Crippen molar-refractivity contribution in [1.29, 1.82) is 0 Å². The van der Waals surface area contributed by atoms with Crippen LogP contribution in [0.5, 0.6) is 0 Å². The van der Waals surface area contributed by atoms with Gasteiger partial charge in [0.15, 0.2) is 5.43 Å². The zero-order chi connectivity index (χ0) is 25.2. The van der Waals surface area contributed by atoms with Crippen LogP contribution in [0.15, 0.2) is 21.3 Å². The largest absolute Gasteiger partial charge is 0.461 e. The zero-order valence-corrected chi connectivity index (χ0v) is 23.3. The van der Waals surface area contributed by atoms with Gasteiger partial charge in [0.2, 0.25) is 0 Å². The minimum absolute atomic E-state index is 0.0358. The first kappa shape index (κ1) is 31.9. The van der Waals surface area contributed by atoms with Crippen LogP contribution >= 0.6 is 0 Å². The van der Waals surface area contributed by atoms with E-state index in [2.05, 4.69) is 13.8 Å². The Morgan fingerprint density at radius 2 is 0.829 bits per heavy atom. The molecule has 1 heterocycles. The van der Waals surface area contributed by atoms with Gasteiger partial charge < -0.3 is 13.9 Å². The van der Waals surface area contributed by atoms with Crippen molar-refractivity contribution in [2.45, 2.75) is 155 Å². The molecule has 0 aliphatic heterocycles. The van der Waals surface area contributed by atoms with Crippen molar-refractivity contribution in [3.05, 3.63) is 33.9 Å². The van der Waals surface area contributed by atoms with Crippen molar-refractivity contribution in [1.82, 2.24) is 0 Å². The Bertz CT molecular complexity index is 575. The molecule has 0 aromatic carbocycles. The lowest BCUT2D eigenvalue weighted by Gasteiger charge is -2.07. The predicted molar refractivity (Wildman–Crippen MR) is 148 cm³/mol. The summed E-state index contributed by atoms with van der Waals surface area (Å²) in [5.74, 6) is 1.20. The molecular formula is C31H56O4. The Labute approximate surface area is 216 Å². The topological polar surface area (TPSA) is 48.7 Å². The van der Waals surface area contributed by atoms with Crippen LogP contribution < -0.4 is 5.43 Å². The molecule has 0 bridgehead atoms. The highest BCUT2D eigenvalue weighted by Gasteiger charge is 2.04. The van der Waals surface area contributed by atoms with E-state index >= 15 is 0 Å². The van der Waals surface area contributed by atoms with Gasteiger partial charge in [0.1, 0.15) is 24.7 Å². The molecule has 35 heavy (non-hydrogen) atoms. The van der Waals surface area contributed by atoms with E-state index in [0.29, 0.717) is 24.7 Å². The fourth-order valence-electron chi connectivity index (χ4n) is 4.46. The third-order valence-corrected chi connectivity index (χ3v) is 6.64. The van der Waals surface area contributed by atoms with Crippen molar-refractivity contribution in [2.24, 2.45) is 0 Å². The molecule has 1 rings (SSSR count). The van der Waals surface area contributed by atoms with Crippen molar-refractivity contribution in [3.63, 3.8) is 0 Å². The van der Waals surface area contributed by atoms with Crippen molar-refractivity contribution >= 4 is 0 Å². The Balaban J connectivity index is 2.00. The Kier molecular flexibility index (Phi) is 22.4. The molecule has 0 saturated heterocycles. The summed E-state index contributed by atoms with van der Waals surface area (Å²) >= 11 is 0. The van der Waals surface area contributed by atoms with Gasteiger partial charge in [-0.05, 0) is 12.8 Å². The van der Waals surface area contributed by atoms with Crippen LogP contribution in [0.4, 0.5) is 0 Å². The second-order valence-electron chi connectivity index (χ2n) is 10.2. The normalized spacial score (nSPS) is 11.4. The third-order valence-electron chi connectivity index (χ3n) is 6.64. The molecule has 0 radical (unpaired) electrons. The maximum absolute atomic E-state index is 12.0. The lowest BCUT2D eigenvalue weighted by Crippen LogP contribution is -2.06. The summed E-state index contributed by atoms with van der Waals surface area (Å²) in [6.07, 6.45) is 26.3. The fraction of sp³-hybridized carbons (Fsp3) is 0.839. The monoisotopic (exact) mass is 492 g/mol. The molecule has 0 aliphatic rings. The van der Waals surface area contributed by atoms with Gasteiger partial charge in [0.05, 0.1) is 0 Å². The first-order valence-electron chi connectivity index (χ1n) is 15.0. The molecule has 4 heteroatoms. The summed E-state index contributed by atoms with van der Waals surface area (Å²) < 4.78 is 17.3. The van der Waals surface area contributed by atoms with Crippen LogP contribution in [-0.4, -0.2) is 13.2 Å². The predicted octanol–water partition coefficient (Wildman–Crippen LogP) is 9.51. The van der Waals surface area contributed by atoms with Gasteiger partial charge >= 0.3 is 0 Å². The molecule has 0 aliphatic carbocycles. The van der Waals surface area contributed by atoms with Crippen LogP contribution in [0.3, 0.4) is 0 Å². The van der Waals surface area contributed by atoms with E-state index in [9.17, 15) is 4.79 Å². The highest BCUT2D eigenvalue weighted by Crippen LogP contribution is 2.12. The van der Waals surface area contributed by atoms with Gasteiger partial charge in [0, 0.05) is 25.3 Å². The molecule has 0 atom stereocenters. The fourth-order valence-corrected chi connectivity index (χ4v) is 4.46. The van der Waals surface area contributed by atoms with E-state index in [4.69, 9.17) is 13.9 Å². The number of ether oxygens (including phenoxy) is 2. The summed E-state index contributed by atoms with van der Waals surface area (Å²) in [6, 6.07) is 3.06. The average molecular weight is 493 g/mol. The van der Waals surface area contributed by atoms with E-state index in [-0.39, 0.29) is 5.43 Å². The SMILES string of the molecule is CCCCCCCCCCCCOCc1cc(=O)cc(COCCCCCCCCCCCC)o1. The highest BCUT2D eigenvalue weighted by atomic mass is 16.5. The quantitative estimate of drug-likeness (QED) is 0.121. The molecule has 0 spiro atoms. The molecular weight excluding hydrogens is 436 g/mol. The number of hydrogen-bond donors (Lipinski definition) is 0. The molecule has 1 aromatic heterocycles. The molecule has 0 amide bonds. The summed E-state index contributed by atoms with van der Waals surface area (Å²) in [5.41, 5.74) is -0.0358. The van der Waals surface area contributed by atoms with Crippen molar-refractivity contribution in [3.8, 4) is 0 Å². The van der Waals surface area contributed by atoms with Crippen LogP contribution in [0.25, 0.3) is 0 Å². The maximum Gasteiger partial charge on any atom is 0.185 e. The third kappa shape index (κ3) is 20.7. The number of rotatable bonds is 26. The summed E-state index contributed by atoms with van der Waals surface area (Å²) in [4.78, 5) is 12.0. The average Bonchev–Trinajstić information content (AvgIpc) is 2.85. The minimum atomic E-state index is -0.0358. The Morgan fingerprint density at radius 1 is 0.514 bits per heavy atom. The number of hydrogen-bond acceptors (Lipinski definition) is 4. The maximum atomic E-state index is 12.0. The lowest BCUT2D eigenvalue weighted by atomic mass is 10.1. The molecule has 1 aromatic rings. The highest BCUT2D eigenvalue weighted by molar-refractivity contribution is 5.05. The smallest absolute Gasteiger partial charge is 0.185 e. The molecule has 0 saturated carbocycles. The molecule has 0 N–H and O–H groups in total. The van der Waals surface area contributed by atoms with Crippen molar-refractivity contribution in [2.75, 3.05) is 13.2 Å². The molecule has 4 nitrogen and oxygen atoms in total. The van der Waals surface area contributed by atoms with E-state index in [1.165, 1.54) is 128 Å². The minimum Gasteiger partial charge on any atom is -0.461 e. The van der Waals surface area contributed by atoms with Crippen LogP contribution in [0.2, 0.25) is 0 Å². The van der Waals surface area contributed by atoms with Gasteiger partial charge in [-0.15, -0.1) is 0 Å². The summed E-state index contributed by atoms with van der Waals surface area (Å²) in [5, 5.41) is 0. The van der Waals surface area contributed by atoms with E-state index in [1.54, 1.807) is 0 Å². The first-order chi connectivity index (χ1) is 17.3. The van der Waals surface area contributed by atoms with Crippen LogP contribution in [-0.2, 0) is 22.7 Å². The van der Waals surface area contributed by atoms with Gasteiger partial charge in [-0.1, -0.05) is 129 Å². The second-order valence-corrected chi connectivity index (χ2v) is 10.2. The van der Waals surface area contributed by atoms with E-state index in [1.807, 2.05) is 0 Å². The zero-order valence-electron chi connectivity index (χ0n) is 23.3. The molecule has 204 valence electrons. The van der Waals surface area contributed by atoms with Gasteiger partial charge in [-0.2, -0.15) is 0 Å². The van der Waals surface area contributed by atoms with Gasteiger partial charge in [-0.3, -0.25) is 4.79 Å².